The summed E-state index contributed by atoms with van der Waals surface area (Å²) in [7, 11) is 0. The topological polar surface area (TPSA) is 108 Å². The van der Waals surface area contributed by atoms with Crippen molar-refractivity contribution >= 4 is 22.5 Å². The first kappa shape index (κ1) is 21.5. The van der Waals surface area contributed by atoms with E-state index in [2.05, 4.69) is 24.8 Å². The fraction of sp³-hybridized carbons (Fsp3) is 0.417. The predicted molar refractivity (Wildman–Crippen MR) is 124 cm³/mol. The number of nitrogens with one attached hydrogen (secondary N) is 1. The van der Waals surface area contributed by atoms with Gasteiger partial charge in [0.1, 0.15) is 17.3 Å². The number of halogens is 1. The van der Waals surface area contributed by atoms with E-state index in [1.165, 1.54) is 12.1 Å². The third-order valence-corrected chi connectivity index (χ3v) is 6.92. The zero-order valence-electron chi connectivity index (χ0n) is 18.3. The number of primary amides is 1. The molecular formula is C24H27FN6O2. The summed E-state index contributed by atoms with van der Waals surface area (Å²) < 4.78 is 13.5. The molecule has 1 saturated carbocycles. The number of H-pyrrole nitrogens is 1. The van der Waals surface area contributed by atoms with Crippen LogP contribution in [0.4, 0.5) is 10.1 Å². The Morgan fingerprint density at radius 3 is 2.67 bits per heavy atom. The van der Waals surface area contributed by atoms with Gasteiger partial charge < -0.3 is 15.6 Å². The van der Waals surface area contributed by atoms with Crippen LogP contribution in [0, 0.1) is 5.82 Å². The summed E-state index contributed by atoms with van der Waals surface area (Å²) in [5.41, 5.74) is 6.81. The highest BCUT2D eigenvalue weighted by atomic mass is 19.1. The van der Waals surface area contributed by atoms with Crippen LogP contribution in [0.5, 0.6) is 0 Å². The molecule has 9 heteroatoms. The van der Waals surface area contributed by atoms with Gasteiger partial charge in [-0.15, -0.1) is 0 Å². The van der Waals surface area contributed by atoms with Crippen molar-refractivity contribution in [3.63, 3.8) is 0 Å². The minimum Gasteiger partial charge on any atom is -0.368 e. The second-order valence-electron chi connectivity index (χ2n) is 8.92. The standard InChI is InChI=1S/C24H27FN6O2/c25-16-4-6-20-19(13-16)24(33)29-23(28-20)15-2-1-3-17(12-15)30-8-10-31(11-9-30)18-5-7-21(22(26)32)27-14-18/h4-7,13-15,17H,1-3,8-12H2,(H2,26,32)(H,28,29,33). The van der Waals surface area contributed by atoms with Crippen molar-refractivity contribution in [3.8, 4) is 0 Å². The lowest BCUT2D eigenvalue weighted by atomic mass is 9.84. The normalized spacial score (nSPS) is 21.9. The van der Waals surface area contributed by atoms with Crippen LogP contribution in [0.2, 0.25) is 0 Å². The Morgan fingerprint density at radius 2 is 1.94 bits per heavy atom. The largest absolute Gasteiger partial charge is 0.368 e. The first-order chi connectivity index (χ1) is 16.0. The molecule has 0 radical (unpaired) electrons. The van der Waals surface area contributed by atoms with Crippen molar-refractivity contribution in [2.45, 2.75) is 37.6 Å². The molecule has 3 N–H and O–H groups in total. The zero-order valence-corrected chi connectivity index (χ0v) is 18.3. The minimum atomic E-state index is -0.521. The Balaban J connectivity index is 1.24. The summed E-state index contributed by atoms with van der Waals surface area (Å²) in [6, 6.07) is 8.17. The fourth-order valence-electron chi connectivity index (χ4n) is 5.13. The third kappa shape index (κ3) is 4.45. The molecule has 3 heterocycles. The number of amides is 1. The molecular weight excluding hydrogens is 423 g/mol. The monoisotopic (exact) mass is 450 g/mol. The number of nitrogens with two attached hydrogens (primary N) is 1. The molecule has 33 heavy (non-hydrogen) atoms. The first-order valence-electron chi connectivity index (χ1n) is 11.4. The van der Waals surface area contributed by atoms with Gasteiger partial charge in [0, 0.05) is 38.1 Å². The van der Waals surface area contributed by atoms with Gasteiger partial charge >= 0.3 is 0 Å². The number of fused-ring (bicyclic) bond motifs is 1. The summed E-state index contributed by atoms with van der Waals surface area (Å²) >= 11 is 0. The highest BCUT2D eigenvalue weighted by Gasteiger charge is 2.31. The van der Waals surface area contributed by atoms with Gasteiger partial charge in [0.25, 0.3) is 11.5 Å². The summed E-state index contributed by atoms with van der Waals surface area (Å²) in [4.78, 5) is 40.3. The summed E-state index contributed by atoms with van der Waals surface area (Å²) in [6.07, 6.45) is 5.86. The second-order valence-corrected chi connectivity index (χ2v) is 8.92. The molecule has 5 rings (SSSR count). The molecule has 2 aliphatic rings. The number of aromatic amines is 1. The van der Waals surface area contributed by atoms with Crippen LogP contribution in [0.15, 0.2) is 41.3 Å². The lowest BCUT2D eigenvalue weighted by Crippen LogP contribution is -2.51. The number of rotatable bonds is 4. The van der Waals surface area contributed by atoms with E-state index in [1.54, 1.807) is 18.3 Å². The van der Waals surface area contributed by atoms with Crippen molar-refractivity contribution in [2.24, 2.45) is 5.73 Å². The average Bonchev–Trinajstić information content (AvgIpc) is 2.84. The number of carbonyl (C=O) groups is 1. The molecule has 2 atom stereocenters. The molecule has 2 aromatic heterocycles. The maximum absolute atomic E-state index is 13.5. The number of aromatic nitrogens is 3. The lowest BCUT2D eigenvalue weighted by molar-refractivity contribution is 0.0995. The van der Waals surface area contributed by atoms with Gasteiger partial charge in [0.15, 0.2) is 0 Å². The number of nitrogens with zero attached hydrogens (tertiary/aromatic N) is 4. The second kappa shape index (κ2) is 8.90. The van der Waals surface area contributed by atoms with Gasteiger partial charge in [-0.3, -0.25) is 14.5 Å². The van der Waals surface area contributed by atoms with E-state index in [1.807, 2.05) is 6.07 Å². The summed E-state index contributed by atoms with van der Waals surface area (Å²) in [5, 5.41) is 0.292. The zero-order chi connectivity index (χ0) is 22.9. The smallest absolute Gasteiger partial charge is 0.267 e. The number of carbonyl (C=O) groups excluding carboxylic acids is 1. The Morgan fingerprint density at radius 1 is 1.12 bits per heavy atom. The van der Waals surface area contributed by atoms with Crippen LogP contribution in [0.3, 0.4) is 0 Å². The van der Waals surface area contributed by atoms with Crippen molar-refractivity contribution in [3.05, 3.63) is 64.2 Å². The van der Waals surface area contributed by atoms with Crippen LogP contribution in [-0.4, -0.2) is 58.0 Å². The highest BCUT2D eigenvalue weighted by molar-refractivity contribution is 5.90. The molecule has 8 nitrogen and oxygen atoms in total. The van der Waals surface area contributed by atoms with Gasteiger partial charge in [-0.05, 0) is 49.6 Å². The highest BCUT2D eigenvalue weighted by Crippen LogP contribution is 2.34. The van der Waals surface area contributed by atoms with E-state index in [-0.39, 0.29) is 17.2 Å². The molecule has 1 amide bonds. The number of piperazine rings is 1. The maximum Gasteiger partial charge on any atom is 0.267 e. The van der Waals surface area contributed by atoms with E-state index in [0.29, 0.717) is 22.8 Å². The molecule has 2 fully saturated rings. The van der Waals surface area contributed by atoms with Crippen molar-refractivity contribution in [1.29, 1.82) is 0 Å². The Kier molecular flexibility index (Phi) is 5.80. The molecule has 0 spiro atoms. The van der Waals surface area contributed by atoms with E-state index in [9.17, 15) is 14.0 Å². The fourth-order valence-corrected chi connectivity index (χ4v) is 5.13. The van der Waals surface area contributed by atoms with E-state index in [4.69, 9.17) is 5.73 Å². The quantitative estimate of drug-likeness (QED) is 0.632. The average molecular weight is 451 g/mol. The predicted octanol–water partition coefficient (Wildman–Crippen LogP) is 2.40. The van der Waals surface area contributed by atoms with Crippen LogP contribution < -0.4 is 16.2 Å². The van der Waals surface area contributed by atoms with Gasteiger partial charge in [0.2, 0.25) is 0 Å². The van der Waals surface area contributed by atoms with E-state index in [0.717, 1.165) is 57.5 Å². The number of hydrogen-bond donors (Lipinski definition) is 2. The molecule has 1 aromatic carbocycles. The minimum absolute atomic E-state index is 0.189. The summed E-state index contributed by atoms with van der Waals surface area (Å²) in [5.74, 6) is -0.0517. The van der Waals surface area contributed by atoms with Crippen LogP contribution in [0.1, 0.15) is 47.9 Å². The molecule has 172 valence electrons. The third-order valence-electron chi connectivity index (χ3n) is 6.92. The number of benzene rings is 1. The molecule has 2 unspecified atom stereocenters. The van der Waals surface area contributed by atoms with Gasteiger partial charge in [-0.1, -0.05) is 6.42 Å². The van der Waals surface area contributed by atoms with Gasteiger partial charge in [-0.2, -0.15) is 0 Å². The molecule has 1 saturated heterocycles. The van der Waals surface area contributed by atoms with Crippen molar-refractivity contribution in [2.75, 3.05) is 31.1 Å². The Labute approximate surface area is 190 Å². The van der Waals surface area contributed by atoms with Crippen molar-refractivity contribution < 1.29 is 9.18 Å². The number of anilines is 1. The van der Waals surface area contributed by atoms with Crippen LogP contribution in [-0.2, 0) is 0 Å². The van der Waals surface area contributed by atoms with Crippen LogP contribution >= 0.6 is 0 Å². The Hall–Kier alpha value is -3.33. The SMILES string of the molecule is NC(=O)c1ccc(N2CCN(C3CCCC(c4nc5ccc(F)cc5c(=O)[nH]4)C3)CC2)cn1. The van der Waals surface area contributed by atoms with Gasteiger partial charge in [-0.25, -0.2) is 14.4 Å². The van der Waals surface area contributed by atoms with Crippen LogP contribution in [0.25, 0.3) is 10.9 Å². The summed E-state index contributed by atoms with van der Waals surface area (Å²) in [6.45, 7) is 3.65. The Bertz CT molecular complexity index is 1220. The van der Waals surface area contributed by atoms with Gasteiger partial charge in [0.05, 0.1) is 22.8 Å². The van der Waals surface area contributed by atoms with E-state index >= 15 is 0 Å². The molecule has 0 bridgehead atoms. The first-order valence-corrected chi connectivity index (χ1v) is 11.4. The molecule has 1 aliphatic carbocycles. The number of hydrogen-bond acceptors (Lipinski definition) is 6. The molecule has 1 aliphatic heterocycles. The number of pyridine rings is 1. The van der Waals surface area contributed by atoms with Crippen molar-refractivity contribution in [1.82, 2.24) is 19.9 Å². The van der Waals surface area contributed by atoms with E-state index < -0.39 is 11.7 Å². The molecule has 3 aromatic rings. The maximum atomic E-state index is 13.5. The lowest BCUT2D eigenvalue weighted by Gasteiger charge is -2.42.